The minimum Gasteiger partial charge on any atom is -0.456 e. The monoisotopic (exact) mass is 241 g/mol. The minimum absolute atomic E-state index is 0.208. The molecule has 0 saturated carbocycles. The lowest BCUT2D eigenvalue weighted by atomic mass is 10.1. The van der Waals surface area contributed by atoms with E-state index >= 15 is 0 Å². The number of aliphatic hydroxyl groups is 1. The van der Waals surface area contributed by atoms with Gasteiger partial charge in [0.25, 0.3) is 0 Å². The molecule has 0 amide bonds. The molecule has 3 rings (SSSR count). The van der Waals surface area contributed by atoms with Crippen LogP contribution in [0.15, 0.2) is 46.9 Å². The fourth-order valence-electron chi connectivity index (χ4n) is 2.15. The lowest BCUT2D eigenvalue weighted by Crippen LogP contribution is -2.02. The van der Waals surface area contributed by atoms with Gasteiger partial charge in [0.2, 0.25) is 0 Å². The Labute approximate surface area is 105 Å². The topological polar surface area (TPSA) is 45.4 Å². The number of furan rings is 1. The maximum absolute atomic E-state index is 8.75. The Morgan fingerprint density at radius 2 is 1.83 bits per heavy atom. The van der Waals surface area contributed by atoms with Crippen LogP contribution in [0, 0.1) is 0 Å². The van der Waals surface area contributed by atoms with E-state index in [4.69, 9.17) is 9.52 Å². The Bertz CT molecular complexity index is 672. The molecule has 2 aromatic carbocycles. The Morgan fingerprint density at radius 1 is 1.00 bits per heavy atom. The van der Waals surface area contributed by atoms with Crippen molar-refractivity contribution in [1.29, 1.82) is 0 Å². The second-order valence-electron chi connectivity index (χ2n) is 4.31. The van der Waals surface area contributed by atoms with Gasteiger partial charge in [-0.05, 0) is 24.6 Å². The molecule has 1 heterocycles. The third-order valence-corrected chi connectivity index (χ3v) is 3.04. The van der Waals surface area contributed by atoms with Crippen LogP contribution in [0.4, 0.5) is 5.69 Å². The molecule has 0 fully saturated rings. The van der Waals surface area contributed by atoms with Crippen LogP contribution in [0.3, 0.4) is 0 Å². The van der Waals surface area contributed by atoms with Gasteiger partial charge in [0.1, 0.15) is 11.2 Å². The Balaban J connectivity index is 1.99. The quantitative estimate of drug-likeness (QED) is 0.688. The van der Waals surface area contributed by atoms with E-state index in [1.807, 2.05) is 30.3 Å². The zero-order valence-electron chi connectivity index (χ0n) is 10.0. The van der Waals surface area contributed by atoms with Gasteiger partial charge in [-0.15, -0.1) is 0 Å². The maximum Gasteiger partial charge on any atom is 0.137 e. The van der Waals surface area contributed by atoms with Crippen molar-refractivity contribution < 1.29 is 9.52 Å². The molecule has 0 unspecified atom stereocenters. The highest BCUT2D eigenvalue weighted by molar-refractivity contribution is 6.05. The Kier molecular flexibility index (Phi) is 2.90. The van der Waals surface area contributed by atoms with Gasteiger partial charge in [0.05, 0.1) is 0 Å². The molecule has 0 aliphatic heterocycles. The number of fused-ring (bicyclic) bond motifs is 3. The summed E-state index contributed by atoms with van der Waals surface area (Å²) in [6.45, 7) is 0.974. The molecule has 0 aliphatic rings. The zero-order chi connectivity index (χ0) is 12.4. The lowest BCUT2D eigenvalue weighted by molar-refractivity contribution is 0.292. The van der Waals surface area contributed by atoms with Crippen LogP contribution in [-0.4, -0.2) is 18.3 Å². The normalized spacial score (nSPS) is 11.2. The average molecular weight is 241 g/mol. The molecule has 0 radical (unpaired) electrons. The maximum atomic E-state index is 8.75. The number of aliphatic hydroxyl groups excluding tert-OH is 1. The standard InChI is InChI=1S/C15H15NO2/c17-9-3-8-16-11-6-7-13-12-4-1-2-5-14(12)18-15(13)10-11/h1-2,4-7,10,16-17H,3,8-9H2. The molecule has 92 valence electrons. The van der Waals surface area contributed by atoms with Crippen LogP contribution in [0.1, 0.15) is 6.42 Å². The van der Waals surface area contributed by atoms with E-state index in [9.17, 15) is 0 Å². The number of hydrogen-bond donors (Lipinski definition) is 2. The molecular weight excluding hydrogens is 226 g/mol. The molecule has 3 aromatic rings. The molecular formula is C15H15NO2. The van der Waals surface area contributed by atoms with Gasteiger partial charge in [-0.2, -0.15) is 0 Å². The molecule has 0 aliphatic carbocycles. The predicted molar refractivity (Wildman–Crippen MR) is 73.9 cm³/mol. The number of benzene rings is 2. The summed E-state index contributed by atoms with van der Waals surface area (Å²) >= 11 is 0. The van der Waals surface area contributed by atoms with Gasteiger partial charge in [0.15, 0.2) is 0 Å². The lowest BCUT2D eigenvalue weighted by Gasteiger charge is -2.04. The average Bonchev–Trinajstić information content (AvgIpc) is 2.76. The van der Waals surface area contributed by atoms with Crippen molar-refractivity contribution >= 4 is 27.6 Å². The molecule has 18 heavy (non-hydrogen) atoms. The first-order valence-electron chi connectivity index (χ1n) is 6.14. The van der Waals surface area contributed by atoms with Gasteiger partial charge >= 0.3 is 0 Å². The molecule has 2 N–H and O–H groups in total. The first kappa shape index (κ1) is 11.1. The van der Waals surface area contributed by atoms with Gasteiger partial charge < -0.3 is 14.8 Å². The molecule has 0 atom stereocenters. The van der Waals surface area contributed by atoms with E-state index in [2.05, 4.69) is 17.4 Å². The SMILES string of the molecule is OCCCNc1ccc2c(c1)oc1ccccc12. The minimum atomic E-state index is 0.208. The third-order valence-electron chi connectivity index (χ3n) is 3.04. The fraction of sp³-hybridized carbons (Fsp3) is 0.200. The predicted octanol–water partition coefficient (Wildman–Crippen LogP) is 3.38. The van der Waals surface area contributed by atoms with Crippen molar-refractivity contribution in [2.75, 3.05) is 18.5 Å². The highest BCUT2D eigenvalue weighted by Crippen LogP contribution is 2.30. The van der Waals surface area contributed by atoms with Gasteiger partial charge in [0, 0.05) is 35.7 Å². The first-order valence-corrected chi connectivity index (χ1v) is 6.14. The van der Waals surface area contributed by atoms with Crippen LogP contribution in [0.2, 0.25) is 0 Å². The van der Waals surface area contributed by atoms with Crippen molar-refractivity contribution in [2.24, 2.45) is 0 Å². The molecule has 3 heteroatoms. The van der Waals surface area contributed by atoms with Crippen molar-refractivity contribution in [3.8, 4) is 0 Å². The summed E-state index contributed by atoms with van der Waals surface area (Å²) < 4.78 is 5.81. The van der Waals surface area contributed by atoms with Crippen LogP contribution in [-0.2, 0) is 0 Å². The number of anilines is 1. The van der Waals surface area contributed by atoms with Crippen molar-refractivity contribution in [2.45, 2.75) is 6.42 Å². The number of rotatable bonds is 4. The third kappa shape index (κ3) is 1.93. The van der Waals surface area contributed by atoms with Gasteiger partial charge in [-0.1, -0.05) is 18.2 Å². The van der Waals surface area contributed by atoms with Gasteiger partial charge in [-0.3, -0.25) is 0 Å². The van der Waals surface area contributed by atoms with Crippen LogP contribution in [0.5, 0.6) is 0 Å². The summed E-state index contributed by atoms with van der Waals surface area (Å²) in [4.78, 5) is 0. The van der Waals surface area contributed by atoms with Crippen molar-refractivity contribution in [3.63, 3.8) is 0 Å². The number of hydrogen-bond acceptors (Lipinski definition) is 3. The smallest absolute Gasteiger partial charge is 0.137 e. The van der Waals surface area contributed by atoms with Gasteiger partial charge in [-0.25, -0.2) is 0 Å². The Hall–Kier alpha value is -2.00. The van der Waals surface area contributed by atoms with E-state index in [0.717, 1.165) is 40.6 Å². The zero-order valence-corrected chi connectivity index (χ0v) is 10.0. The highest BCUT2D eigenvalue weighted by atomic mass is 16.3. The highest BCUT2D eigenvalue weighted by Gasteiger charge is 2.06. The van der Waals surface area contributed by atoms with E-state index in [1.54, 1.807) is 0 Å². The van der Waals surface area contributed by atoms with Crippen LogP contribution >= 0.6 is 0 Å². The van der Waals surface area contributed by atoms with E-state index in [-0.39, 0.29) is 6.61 Å². The molecule has 0 bridgehead atoms. The first-order chi connectivity index (χ1) is 8.88. The second-order valence-corrected chi connectivity index (χ2v) is 4.31. The summed E-state index contributed by atoms with van der Waals surface area (Å²) in [7, 11) is 0. The van der Waals surface area contributed by atoms with Crippen molar-refractivity contribution in [1.82, 2.24) is 0 Å². The summed E-state index contributed by atoms with van der Waals surface area (Å²) in [5, 5.41) is 14.3. The van der Waals surface area contributed by atoms with E-state index < -0.39 is 0 Å². The van der Waals surface area contributed by atoms with E-state index in [0.29, 0.717) is 0 Å². The molecule has 1 aromatic heterocycles. The molecule has 0 saturated heterocycles. The molecule has 3 nitrogen and oxygen atoms in total. The Morgan fingerprint density at radius 3 is 2.72 bits per heavy atom. The second kappa shape index (κ2) is 4.70. The molecule has 0 spiro atoms. The summed E-state index contributed by atoms with van der Waals surface area (Å²) in [6, 6.07) is 14.2. The number of para-hydroxylation sites is 1. The largest absolute Gasteiger partial charge is 0.456 e. The summed E-state index contributed by atoms with van der Waals surface area (Å²) in [6.07, 6.45) is 0.748. The van der Waals surface area contributed by atoms with E-state index in [1.165, 1.54) is 0 Å². The fourth-order valence-corrected chi connectivity index (χ4v) is 2.15. The van der Waals surface area contributed by atoms with Crippen LogP contribution in [0.25, 0.3) is 21.9 Å². The summed E-state index contributed by atoms with van der Waals surface area (Å²) in [5.41, 5.74) is 2.83. The van der Waals surface area contributed by atoms with Crippen LogP contribution < -0.4 is 5.32 Å². The summed E-state index contributed by atoms with van der Waals surface area (Å²) in [5.74, 6) is 0. The van der Waals surface area contributed by atoms with Crippen molar-refractivity contribution in [3.05, 3.63) is 42.5 Å². The number of nitrogens with one attached hydrogen (secondary N) is 1.